The van der Waals surface area contributed by atoms with Gasteiger partial charge in [0.1, 0.15) is 5.82 Å². The van der Waals surface area contributed by atoms with Gasteiger partial charge in [-0.25, -0.2) is 4.98 Å². The normalized spacial score (nSPS) is 24.0. The molecule has 3 N–H and O–H groups in total. The first-order valence-electron chi connectivity index (χ1n) is 8.27. The number of H-pyrrole nitrogens is 1. The molecule has 2 aromatic rings. The molecule has 1 aromatic carbocycles. The number of rotatable bonds is 5. The van der Waals surface area contributed by atoms with Crippen molar-refractivity contribution in [3.63, 3.8) is 0 Å². The molecular formula is C17H21F3N4O. The molecule has 3 rings (SSSR count). The van der Waals surface area contributed by atoms with Crippen LogP contribution in [0.4, 0.5) is 13.2 Å². The summed E-state index contributed by atoms with van der Waals surface area (Å²) in [6.45, 7) is 2.38. The van der Waals surface area contributed by atoms with Crippen LogP contribution in [0.5, 0.6) is 0 Å². The van der Waals surface area contributed by atoms with Crippen LogP contribution >= 0.6 is 0 Å². The molecule has 3 atom stereocenters. The maximum atomic E-state index is 13.0. The number of alkyl halides is 3. The molecule has 136 valence electrons. The van der Waals surface area contributed by atoms with Crippen molar-refractivity contribution in [2.75, 3.05) is 6.54 Å². The molecule has 0 amide bonds. The number of aliphatic hydroxyl groups is 1. The maximum absolute atomic E-state index is 13.0. The Morgan fingerprint density at radius 1 is 1.28 bits per heavy atom. The molecule has 8 heteroatoms. The van der Waals surface area contributed by atoms with Gasteiger partial charge in [-0.2, -0.15) is 18.3 Å². The molecular weight excluding hydrogens is 333 g/mol. The summed E-state index contributed by atoms with van der Waals surface area (Å²) in [7, 11) is 0. The molecule has 5 nitrogen and oxygen atoms in total. The summed E-state index contributed by atoms with van der Waals surface area (Å²) in [5, 5.41) is 20.2. The van der Waals surface area contributed by atoms with E-state index >= 15 is 0 Å². The lowest BCUT2D eigenvalue weighted by Crippen LogP contribution is -2.28. The zero-order valence-corrected chi connectivity index (χ0v) is 13.8. The summed E-state index contributed by atoms with van der Waals surface area (Å²) < 4.78 is 39.0. The van der Waals surface area contributed by atoms with Gasteiger partial charge in [0.25, 0.3) is 0 Å². The molecule has 1 aliphatic carbocycles. The number of hydrogen-bond acceptors (Lipinski definition) is 4. The van der Waals surface area contributed by atoms with Crippen LogP contribution in [0.1, 0.15) is 41.5 Å². The Kier molecular flexibility index (Phi) is 5.10. The second kappa shape index (κ2) is 7.13. The number of nitrogens with zero attached hydrogens (tertiary/aromatic N) is 2. The molecule has 1 heterocycles. The topological polar surface area (TPSA) is 73.8 Å². The standard InChI is InChI=1S/C17H21F3N4O/c1-10-22-16(24-23-10)12-6-13(15(25)7-12)9-21-8-11-4-2-3-5-14(11)17(18,19)20/h2-5,12-13,15,21,25H,6-9H2,1H3,(H,22,23,24)/t12?,13-,15-/m1/s1. The third-order valence-electron chi connectivity index (χ3n) is 4.68. The van der Waals surface area contributed by atoms with Crippen molar-refractivity contribution in [3.05, 3.63) is 47.0 Å². The number of aryl methyl sites for hydroxylation is 1. The number of halogens is 3. The van der Waals surface area contributed by atoms with Crippen LogP contribution in [0.2, 0.25) is 0 Å². The van der Waals surface area contributed by atoms with Gasteiger partial charge in [0, 0.05) is 19.0 Å². The van der Waals surface area contributed by atoms with Crippen LogP contribution in [0.25, 0.3) is 0 Å². The first-order valence-corrected chi connectivity index (χ1v) is 8.27. The van der Waals surface area contributed by atoms with Crippen LogP contribution in [0.15, 0.2) is 24.3 Å². The van der Waals surface area contributed by atoms with Crippen molar-refractivity contribution in [2.24, 2.45) is 5.92 Å². The second-order valence-corrected chi connectivity index (χ2v) is 6.56. The van der Waals surface area contributed by atoms with Crippen LogP contribution < -0.4 is 5.32 Å². The molecule has 25 heavy (non-hydrogen) atoms. The highest BCUT2D eigenvalue weighted by atomic mass is 19.4. The molecule has 0 radical (unpaired) electrons. The van der Waals surface area contributed by atoms with E-state index in [-0.39, 0.29) is 23.9 Å². The van der Waals surface area contributed by atoms with Crippen LogP contribution in [0, 0.1) is 12.8 Å². The summed E-state index contributed by atoms with van der Waals surface area (Å²) in [4.78, 5) is 4.30. The van der Waals surface area contributed by atoms with Crippen molar-refractivity contribution >= 4 is 0 Å². The highest BCUT2D eigenvalue weighted by Crippen LogP contribution is 2.37. The Bertz CT molecular complexity index is 716. The molecule has 1 saturated carbocycles. The molecule has 0 bridgehead atoms. The van der Waals surface area contributed by atoms with E-state index in [0.717, 1.165) is 11.9 Å². The van der Waals surface area contributed by atoms with E-state index < -0.39 is 17.8 Å². The quantitative estimate of drug-likeness (QED) is 0.772. The van der Waals surface area contributed by atoms with Gasteiger partial charge in [-0.05, 0) is 37.3 Å². The van der Waals surface area contributed by atoms with Gasteiger partial charge in [0.2, 0.25) is 0 Å². The average Bonchev–Trinajstić information content (AvgIpc) is 3.13. The molecule has 1 aromatic heterocycles. The SMILES string of the molecule is Cc1nc(C2C[C@H](CNCc3ccccc3C(F)(F)F)[C@H](O)C2)n[nH]1. The summed E-state index contributed by atoms with van der Waals surface area (Å²) in [6, 6.07) is 5.54. The Morgan fingerprint density at radius 3 is 2.72 bits per heavy atom. The van der Waals surface area contributed by atoms with Crippen molar-refractivity contribution in [2.45, 2.75) is 44.5 Å². The van der Waals surface area contributed by atoms with E-state index in [4.69, 9.17) is 0 Å². The summed E-state index contributed by atoms with van der Waals surface area (Å²) >= 11 is 0. The average molecular weight is 354 g/mol. The lowest BCUT2D eigenvalue weighted by atomic mass is 10.0. The van der Waals surface area contributed by atoms with Gasteiger partial charge in [0.15, 0.2) is 5.82 Å². The van der Waals surface area contributed by atoms with E-state index in [1.54, 1.807) is 6.07 Å². The van der Waals surface area contributed by atoms with Crippen LogP contribution in [-0.2, 0) is 12.7 Å². The Balaban J connectivity index is 1.56. The van der Waals surface area contributed by atoms with Crippen LogP contribution in [-0.4, -0.2) is 32.9 Å². The highest BCUT2D eigenvalue weighted by Gasteiger charge is 2.36. The van der Waals surface area contributed by atoms with Crippen LogP contribution in [0.3, 0.4) is 0 Å². The fourth-order valence-electron chi connectivity index (χ4n) is 3.42. The minimum Gasteiger partial charge on any atom is -0.393 e. The Morgan fingerprint density at radius 2 is 2.04 bits per heavy atom. The Labute approximate surface area is 143 Å². The molecule has 1 aliphatic rings. The van der Waals surface area contributed by atoms with Crippen molar-refractivity contribution < 1.29 is 18.3 Å². The number of hydrogen-bond donors (Lipinski definition) is 3. The maximum Gasteiger partial charge on any atom is 0.416 e. The third kappa shape index (κ3) is 4.19. The predicted octanol–water partition coefficient (Wildman–Crippen LogP) is 2.78. The lowest BCUT2D eigenvalue weighted by Gasteiger charge is -2.17. The largest absolute Gasteiger partial charge is 0.416 e. The molecule has 0 spiro atoms. The van der Waals surface area contributed by atoms with Gasteiger partial charge in [0.05, 0.1) is 11.7 Å². The van der Waals surface area contributed by atoms with Gasteiger partial charge in [-0.1, -0.05) is 18.2 Å². The zero-order valence-electron chi connectivity index (χ0n) is 13.8. The van der Waals surface area contributed by atoms with E-state index in [9.17, 15) is 18.3 Å². The molecule has 1 fully saturated rings. The fraction of sp³-hybridized carbons (Fsp3) is 0.529. The fourth-order valence-corrected chi connectivity index (χ4v) is 3.42. The molecule has 1 unspecified atom stereocenters. The summed E-state index contributed by atoms with van der Waals surface area (Å²) in [5.74, 6) is 1.48. The van der Waals surface area contributed by atoms with E-state index in [1.165, 1.54) is 12.1 Å². The lowest BCUT2D eigenvalue weighted by molar-refractivity contribution is -0.138. The monoisotopic (exact) mass is 354 g/mol. The number of nitrogens with one attached hydrogen (secondary N) is 2. The van der Waals surface area contributed by atoms with Gasteiger partial charge in [-0.15, -0.1) is 0 Å². The van der Waals surface area contributed by atoms with E-state index in [0.29, 0.717) is 25.2 Å². The van der Waals surface area contributed by atoms with Crippen molar-refractivity contribution in [3.8, 4) is 0 Å². The van der Waals surface area contributed by atoms with Gasteiger partial charge < -0.3 is 10.4 Å². The number of benzene rings is 1. The second-order valence-electron chi connectivity index (χ2n) is 6.56. The number of aromatic nitrogens is 3. The van der Waals surface area contributed by atoms with Gasteiger partial charge in [-0.3, -0.25) is 5.10 Å². The minimum atomic E-state index is -4.36. The number of aromatic amines is 1. The first kappa shape index (κ1) is 17.9. The molecule has 0 saturated heterocycles. The number of aliphatic hydroxyl groups excluding tert-OH is 1. The first-order chi connectivity index (χ1) is 11.8. The van der Waals surface area contributed by atoms with E-state index in [1.807, 2.05) is 6.92 Å². The highest BCUT2D eigenvalue weighted by molar-refractivity contribution is 5.29. The van der Waals surface area contributed by atoms with E-state index in [2.05, 4.69) is 20.5 Å². The zero-order chi connectivity index (χ0) is 18.0. The van der Waals surface area contributed by atoms with Crippen molar-refractivity contribution in [1.29, 1.82) is 0 Å². The minimum absolute atomic E-state index is 0.0261. The predicted molar refractivity (Wildman–Crippen MR) is 85.7 cm³/mol. The summed E-state index contributed by atoms with van der Waals surface area (Å²) in [5.41, 5.74) is -0.410. The van der Waals surface area contributed by atoms with Crippen molar-refractivity contribution in [1.82, 2.24) is 20.5 Å². The third-order valence-corrected chi connectivity index (χ3v) is 4.68. The Hall–Kier alpha value is -1.93. The van der Waals surface area contributed by atoms with Gasteiger partial charge >= 0.3 is 6.18 Å². The molecule has 0 aliphatic heterocycles. The smallest absolute Gasteiger partial charge is 0.393 e. The summed E-state index contributed by atoms with van der Waals surface area (Å²) in [6.07, 6.45) is -3.58.